The highest BCUT2D eigenvalue weighted by Gasteiger charge is 1.90. The van der Waals surface area contributed by atoms with Gasteiger partial charge in [0.1, 0.15) is 0 Å². The minimum absolute atomic E-state index is 0.904. The van der Waals surface area contributed by atoms with Gasteiger partial charge in [0.05, 0.1) is 0 Å². The zero-order chi connectivity index (χ0) is 10.4. The SMILES string of the molecule is CC.CCCCCC(C)C.CN. The van der Waals surface area contributed by atoms with Crippen LogP contribution in [0.4, 0.5) is 0 Å². The van der Waals surface area contributed by atoms with Crippen LogP contribution in [0.5, 0.6) is 0 Å². The van der Waals surface area contributed by atoms with Crippen molar-refractivity contribution in [2.24, 2.45) is 11.7 Å². The predicted molar refractivity (Wildman–Crippen MR) is 60.4 cm³/mol. The quantitative estimate of drug-likeness (QED) is 0.646. The van der Waals surface area contributed by atoms with Crippen LogP contribution in [-0.4, -0.2) is 7.05 Å². The number of hydrogen-bond donors (Lipinski definition) is 1. The maximum Gasteiger partial charge on any atom is -0.0195 e. The van der Waals surface area contributed by atoms with E-state index in [1.165, 1.54) is 32.7 Å². The normalized spacial score (nSPS) is 8.00. The van der Waals surface area contributed by atoms with E-state index in [0.717, 1.165) is 5.92 Å². The molecular weight excluding hydrogens is 146 g/mol. The summed E-state index contributed by atoms with van der Waals surface area (Å²) in [6.45, 7) is 10.8. The van der Waals surface area contributed by atoms with Crippen molar-refractivity contribution in [2.75, 3.05) is 7.05 Å². The summed E-state index contributed by atoms with van der Waals surface area (Å²) in [6, 6.07) is 0. The first kappa shape index (κ1) is 17.9. The number of unbranched alkanes of at least 4 members (excludes halogenated alkanes) is 2. The Morgan fingerprint density at radius 2 is 1.42 bits per heavy atom. The minimum Gasteiger partial charge on any atom is -0.333 e. The molecule has 0 aliphatic carbocycles. The lowest BCUT2D eigenvalue weighted by molar-refractivity contribution is 0.534. The Hall–Kier alpha value is -0.0400. The van der Waals surface area contributed by atoms with Gasteiger partial charge in [-0.3, -0.25) is 0 Å². The Balaban J connectivity index is -0.000000175. The molecule has 0 heterocycles. The van der Waals surface area contributed by atoms with Crippen LogP contribution in [0.2, 0.25) is 0 Å². The van der Waals surface area contributed by atoms with E-state index >= 15 is 0 Å². The smallest absolute Gasteiger partial charge is 0.0195 e. The van der Waals surface area contributed by atoms with Crippen molar-refractivity contribution in [1.29, 1.82) is 0 Å². The van der Waals surface area contributed by atoms with Gasteiger partial charge >= 0.3 is 0 Å². The summed E-state index contributed by atoms with van der Waals surface area (Å²) in [6.07, 6.45) is 5.60. The van der Waals surface area contributed by atoms with Crippen molar-refractivity contribution in [3.8, 4) is 0 Å². The lowest BCUT2D eigenvalue weighted by atomic mass is 10.1. The van der Waals surface area contributed by atoms with Gasteiger partial charge in [0.25, 0.3) is 0 Å². The van der Waals surface area contributed by atoms with Crippen LogP contribution < -0.4 is 5.73 Å². The fourth-order valence-corrected chi connectivity index (χ4v) is 0.803. The summed E-state index contributed by atoms with van der Waals surface area (Å²) in [5, 5.41) is 0. The van der Waals surface area contributed by atoms with Crippen molar-refractivity contribution in [1.82, 2.24) is 0 Å². The molecule has 0 spiro atoms. The van der Waals surface area contributed by atoms with E-state index in [1.54, 1.807) is 0 Å². The van der Waals surface area contributed by atoms with Crippen LogP contribution in [0, 0.1) is 5.92 Å². The summed E-state index contributed by atoms with van der Waals surface area (Å²) < 4.78 is 0. The molecule has 0 fully saturated rings. The fourth-order valence-electron chi connectivity index (χ4n) is 0.803. The van der Waals surface area contributed by atoms with Gasteiger partial charge in [-0.15, -0.1) is 0 Å². The molecule has 0 bridgehead atoms. The van der Waals surface area contributed by atoms with Gasteiger partial charge in [-0.25, -0.2) is 0 Å². The molecule has 0 atom stereocenters. The third kappa shape index (κ3) is 32.5. The predicted octanol–water partition coefficient (Wildman–Crippen LogP) is 3.82. The highest BCUT2D eigenvalue weighted by Crippen LogP contribution is 2.06. The summed E-state index contributed by atoms with van der Waals surface area (Å²) in [5.74, 6) is 0.904. The average Bonchev–Trinajstić information content (AvgIpc) is 2.12. The summed E-state index contributed by atoms with van der Waals surface area (Å²) in [5.41, 5.74) is 4.50. The van der Waals surface area contributed by atoms with Crippen LogP contribution in [-0.2, 0) is 0 Å². The van der Waals surface area contributed by atoms with Gasteiger partial charge in [0.15, 0.2) is 0 Å². The van der Waals surface area contributed by atoms with Gasteiger partial charge in [-0.05, 0) is 13.0 Å². The molecular formula is C11H29N. The molecule has 0 aromatic carbocycles. The van der Waals surface area contributed by atoms with Crippen LogP contribution in [0.25, 0.3) is 0 Å². The molecule has 1 heteroatoms. The van der Waals surface area contributed by atoms with Crippen LogP contribution >= 0.6 is 0 Å². The molecule has 0 aromatic heterocycles. The first-order chi connectivity index (χ1) is 5.77. The van der Waals surface area contributed by atoms with Crippen LogP contribution in [0.1, 0.15) is 60.3 Å². The Kier molecular flexibility index (Phi) is 33.5. The van der Waals surface area contributed by atoms with E-state index in [0.29, 0.717) is 0 Å². The molecule has 0 aliphatic rings. The second-order valence-corrected chi connectivity index (χ2v) is 2.89. The van der Waals surface area contributed by atoms with Crippen molar-refractivity contribution >= 4 is 0 Å². The number of hydrogen-bond acceptors (Lipinski definition) is 1. The van der Waals surface area contributed by atoms with Gasteiger partial charge < -0.3 is 5.73 Å². The van der Waals surface area contributed by atoms with E-state index in [4.69, 9.17) is 0 Å². The Morgan fingerprint density at radius 3 is 1.67 bits per heavy atom. The Labute approximate surface area is 79.7 Å². The van der Waals surface area contributed by atoms with Gasteiger partial charge in [0.2, 0.25) is 0 Å². The molecule has 0 unspecified atom stereocenters. The number of rotatable bonds is 4. The van der Waals surface area contributed by atoms with Crippen LogP contribution in [0.15, 0.2) is 0 Å². The minimum atomic E-state index is 0.904. The van der Waals surface area contributed by atoms with E-state index < -0.39 is 0 Å². The summed E-state index contributed by atoms with van der Waals surface area (Å²) >= 11 is 0. The molecule has 0 aliphatic heterocycles. The molecule has 0 aromatic rings. The fraction of sp³-hybridized carbons (Fsp3) is 1.00. The molecule has 0 saturated carbocycles. The van der Waals surface area contributed by atoms with Gasteiger partial charge in [-0.2, -0.15) is 0 Å². The molecule has 78 valence electrons. The van der Waals surface area contributed by atoms with Crippen molar-refractivity contribution in [3.05, 3.63) is 0 Å². The van der Waals surface area contributed by atoms with Crippen molar-refractivity contribution < 1.29 is 0 Å². The zero-order valence-corrected chi connectivity index (χ0v) is 9.98. The lowest BCUT2D eigenvalue weighted by Crippen LogP contribution is -1.85. The second-order valence-electron chi connectivity index (χ2n) is 2.89. The van der Waals surface area contributed by atoms with Crippen molar-refractivity contribution in [3.63, 3.8) is 0 Å². The molecule has 12 heavy (non-hydrogen) atoms. The third-order valence-electron chi connectivity index (χ3n) is 1.39. The molecule has 2 N–H and O–H groups in total. The molecule has 0 saturated heterocycles. The number of nitrogens with two attached hydrogens (primary N) is 1. The van der Waals surface area contributed by atoms with E-state index in [2.05, 4.69) is 26.5 Å². The van der Waals surface area contributed by atoms with Gasteiger partial charge in [0, 0.05) is 0 Å². The van der Waals surface area contributed by atoms with Crippen molar-refractivity contribution in [2.45, 2.75) is 60.3 Å². The van der Waals surface area contributed by atoms with Crippen LogP contribution in [0.3, 0.4) is 0 Å². The molecule has 0 rings (SSSR count). The Morgan fingerprint density at radius 1 is 1.00 bits per heavy atom. The maximum absolute atomic E-state index is 4.50. The van der Waals surface area contributed by atoms with E-state index in [1.807, 2.05) is 13.8 Å². The third-order valence-corrected chi connectivity index (χ3v) is 1.39. The summed E-state index contributed by atoms with van der Waals surface area (Å²) in [7, 11) is 1.50. The molecule has 1 nitrogen and oxygen atoms in total. The first-order valence-corrected chi connectivity index (χ1v) is 5.35. The average molecular weight is 175 g/mol. The topological polar surface area (TPSA) is 26.0 Å². The summed E-state index contributed by atoms with van der Waals surface area (Å²) in [4.78, 5) is 0. The molecule has 0 amide bonds. The highest BCUT2D eigenvalue weighted by molar-refractivity contribution is 4.44. The van der Waals surface area contributed by atoms with Gasteiger partial charge in [-0.1, -0.05) is 60.3 Å². The second kappa shape index (κ2) is 22.4. The Bertz CT molecular complexity index is 42.3. The monoisotopic (exact) mass is 175 g/mol. The largest absolute Gasteiger partial charge is 0.333 e. The van der Waals surface area contributed by atoms with E-state index in [-0.39, 0.29) is 0 Å². The highest BCUT2D eigenvalue weighted by atomic mass is 14.4. The standard InChI is InChI=1S/C8H18.C2H6.CH5N/c1-4-5-6-7-8(2)3;2*1-2/h8H,4-7H2,1-3H3;1-2H3;2H2,1H3. The zero-order valence-electron chi connectivity index (χ0n) is 9.98. The maximum atomic E-state index is 4.50. The first-order valence-electron chi connectivity index (χ1n) is 5.35. The molecule has 0 radical (unpaired) electrons. The lowest BCUT2D eigenvalue weighted by Gasteiger charge is -2.00. The van der Waals surface area contributed by atoms with E-state index in [9.17, 15) is 0 Å².